The van der Waals surface area contributed by atoms with E-state index in [9.17, 15) is 4.79 Å². The zero-order valence-corrected chi connectivity index (χ0v) is 9.21. The second-order valence-corrected chi connectivity index (χ2v) is 4.48. The van der Waals surface area contributed by atoms with Gasteiger partial charge >= 0.3 is 5.97 Å². The van der Waals surface area contributed by atoms with Crippen LogP contribution in [0.2, 0.25) is 0 Å². The molecule has 0 bridgehead atoms. The lowest BCUT2D eigenvalue weighted by Gasteiger charge is -2.37. The third-order valence-corrected chi connectivity index (χ3v) is 2.87. The number of carbonyl (C=O) groups is 1. The van der Waals surface area contributed by atoms with Gasteiger partial charge in [-0.15, -0.1) is 0 Å². The molecular formula is C11H21NO2. The van der Waals surface area contributed by atoms with E-state index >= 15 is 0 Å². The third kappa shape index (κ3) is 3.29. The van der Waals surface area contributed by atoms with Gasteiger partial charge in [-0.3, -0.25) is 4.79 Å². The number of rotatable bonds is 5. The van der Waals surface area contributed by atoms with E-state index in [-0.39, 0.29) is 17.6 Å². The molecule has 0 aromatic heterocycles. The number of carbonyl (C=O) groups excluding carboxylic acids is 1. The minimum absolute atomic E-state index is 0.0381. The van der Waals surface area contributed by atoms with E-state index < -0.39 is 0 Å². The van der Waals surface area contributed by atoms with Crippen molar-refractivity contribution in [1.29, 1.82) is 0 Å². The average molecular weight is 199 g/mol. The fourth-order valence-electron chi connectivity index (χ4n) is 1.83. The lowest BCUT2D eigenvalue weighted by atomic mass is 9.75. The summed E-state index contributed by atoms with van der Waals surface area (Å²) in [4.78, 5) is 11.4. The highest BCUT2D eigenvalue weighted by Crippen LogP contribution is 2.32. The van der Waals surface area contributed by atoms with Crippen LogP contribution in [0.5, 0.6) is 0 Å². The van der Waals surface area contributed by atoms with Crippen molar-refractivity contribution in [2.24, 2.45) is 5.73 Å². The Balaban J connectivity index is 2.21. The molecule has 0 aliphatic heterocycles. The van der Waals surface area contributed by atoms with E-state index in [0.29, 0.717) is 6.42 Å². The minimum Gasteiger partial charge on any atom is -0.463 e. The fourth-order valence-corrected chi connectivity index (χ4v) is 1.83. The summed E-state index contributed by atoms with van der Waals surface area (Å²) in [5.41, 5.74) is 5.71. The Morgan fingerprint density at radius 1 is 1.57 bits per heavy atom. The molecule has 3 nitrogen and oxygen atoms in total. The van der Waals surface area contributed by atoms with Crippen molar-refractivity contribution in [3.63, 3.8) is 0 Å². The van der Waals surface area contributed by atoms with E-state index in [1.54, 1.807) is 0 Å². The number of nitrogens with two attached hydrogens (primary N) is 1. The lowest BCUT2D eigenvalue weighted by molar-refractivity contribution is -0.150. The van der Waals surface area contributed by atoms with Crippen LogP contribution in [0.15, 0.2) is 0 Å². The summed E-state index contributed by atoms with van der Waals surface area (Å²) in [6.07, 6.45) is 5.48. The van der Waals surface area contributed by atoms with Crippen molar-refractivity contribution >= 4 is 5.97 Å². The predicted octanol–water partition coefficient (Wildman–Crippen LogP) is 1.99. The van der Waals surface area contributed by atoms with Crippen LogP contribution >= 0.6 is 0 Å². The van der Waals surface area contributed by atoms with Crippen LogP contribution in [0, 0.1) is 0 Å². The maximum Gasteiger partial charge on any atom is 0.307 e. The smallest absolute Gasteiger partial charge is 0.307 e. The number of hydrogen-bond acceptors (Lipinski definition) is 3. The number of ether oxygens (including phenoxy) is 1. The van der Waals surface area contributed by atoms with Crippen LogP contribution in [0.25, 0.3) is 0 Å². The summed E-state index contributed by atoms with van der Waals surface area (Å²) in [5.74, 6) is -0.131. The van der Waals surface area contributed by atoms with Gasteiger partial charge in [0.2, 0.25) is 0 Å². The first-order chi connectivity index (χ1) is 6.56. The highest BCUT2D eigenvalue weighted by atomic mass is 16.5. The van der Waals surface area contributed by atoms with Crippen LogP contribution in [0.3, 0.4) is 0 Å². The highest BCUT2D eigenvalue weighted by molar-refractivity contribution is 5.71. The molecule has 0 spiro atoms. The standard InChI is InChI=1S/C11H21NO2/c1-3-5-9(2)14-10(13)8-11(12)6-4-7-11/h9H,3-8,12H2,1-2H3. The molecule has 0 radical (unpaired) electrons. The molecule has 82 valence electrons. The summed E-state index contributed by atoms with van der Waals surface area (Å²) < 4.78 is 5.24. The Kier molecular flexibility index (Phi) is 3.93. The maximum absolute atomic E-state index is 11.4. The number of esters is 1. The van der Waals surface area contributed by atoms with Crippen LogP contribution in [0.4, 0.5) is 0 Å². The van der Waals surface area contributed by atoms with Gasteiger partial charge in [0, 0.05) is 5.54 Å². The SMILES string of the molecule is CCCC(C)OC(=O)CC1(N)CCC1. The second-order valence-electron chi connectivity index (χ2n) is 4.48. The van der Waals surface area contributed by atoms with Crippen LogP contribution in [-0.4, -0.2) is 17.6 Å². The van der Waals surface area contributed by atoms with Gasteiger partial charge in [0.1, 0.15) is 0 Å². The van der Waals surface area contributed by atoms with Crippen LogP contribution < -0.4 is 5.73 Å². The van der Waals surface area contributed by atoms with Crippen molar-refractivity contribution in [1.82, 2.24) is 0 Å². The fraction of sp³-hybridized carbons (Fsp3) is 0.909. The molecule has 1 rings (SSSR count). The molecule has 2 N–H and O–H groups in total. The topological polar surface area (TPSA) is 52.3 Å². The Hall–Kier alpha value is -0.570. The van der Waals surface area contributed by atoms with Gasteiger partial charge in [-0.2, -0.15) is 0 Å². The van der Waals surface area contributed by atoms with Crippen molar-refractivity contribution in [2.45, 2.75) is 64.0 Å². The van der Waals surface area contributed by atoms with Gasteiger partial charge in [-0.05, 0) is 32.6 Å². The quantitative estimate of drug-likeness (QED) is 0.689. The number of hydrogen-bond donors (Lipinski definition) is 1. The molecule has 0 heterocycles. The van der Waals surface area contributed by atoms with E-state index in [1.807, 2.05) is 6.92 Å². The summed E-state index contributed by atoms with van der Waals surface area (Å²) in [6, 6.07) is 0. The van der Waals surface area contributed by atoms with Gasteiger partial charge < -0.3 is 10.5 Å². The second kappa shape index (κ2) is 4.78. The zero-order valence-electron chi connectivity index (χ0n) is 9.21. The van der Waals surface area contributed by atoms with Gasteiger partial charge in [-0.25, -0.2) is 0 Å². The lowest BCUT2D eigenvalue weighted by Crippen LogP contribution is -2.48. The molecule has 3 heteroatoms. The largest absolute Gasteiger partial charge is 0.463 e. The molecular weight excluding hydrogens is 178 g/mol. The molecule has 14 heavy (non-hydrogen) atoms. The Morgan fingerprint density at radius 3 is 2.64 bits per heavy atom. The van der Waals surface area contributed by atoms with E-state index in [0.717, 1.165) is 32.1 Å². The first kappa shape index (κ1) is 11.5. The van der Waals surface area contributed by atoms with Gasteiger partial charge in [-0.1, -0.05) is 13.3 Å². The molecule has 0 aromatic carbocycles. The summed E-state index contributed by atoms with van der Waals surface area (Å²) in [5, 5.41) is 0. The average Bonchev–Trinajstić information content (AvgIpc) is 2.01. The summed E-state index contributed by atoms with van der Waals surface area (Å²) in [6.45, 7) is 4.02. The Bertz CT molecular complexity index is 199. The minimum atomic E-state index is -0.247. The molecule has 1 saturated carbocycles. The van der Waals surface area contributed by atoms with Gasteiger partial charge in [0.25, 0.3) is 0 Å². The van der Waals surface area contributed by atoms with E-state index in [4.69, 9.17) is 10.5 Å². The van der Waals surface area contributed by atoms with Gasteiger partial charge in [0.05, 0.1) is 12.5 Å². The molecule has 1 fully saturated rings. The normalized spacial score (nSPS) is 21.1. The molecule has 1 aliphatic rings. The molecule has 1 atom stereocenters. The molecule has 1 aliphatic carbocycles. The molecule has 0 saturated heterocycles. The predicted molar refractivity (Wildman–Crippen MR) is 55.8 cm³/mol. The Morgan fingerprint density at radius 2 is 2.21 bits per heavy atom. The third-order valence-electron chi connectivity index (χ3n) is 2.87. The maximum atomic E-state index is 11.4. The van der Waals surface area contributed by atoms with Crippen molar-refractivity contribution in [3.05, 3.63) is 0 Å². The monoisotopic (exact) mass is 199 g/mol. The van der Waals surface area contributed by atoms with Crippen molar-refractivity contribution in [2.75, 3.05) is 0 Å². The Labute approximate surface area is 86.0 Å². The van der Waals surface area contributed by atoms with E-state index in [2.05, 4.69) is 6.92 Å². The first-order valence-electron chi connectivity index (χ1n) is 5.54. The zero-order chi connectivity index (χ0) is 10.6. The van der Waals surface area contributed by atoms with Crippen LogP contribution in [-0.2, 0) is 9.53 Å². The summed E-state index contributed by atoms with van der Waals surface area (Å²) >= 11 is 0. The van der Waals surface area contributed by atoms with Crippen molar-refractivity contribution in [3.8, 4) is 0 Å². The van der Waals surface area contributed by atoms with Gasteiger partial charge in [0.15, 0.2) is 0 Å². The van der Waals surface area contributed by atoms with Crippen LogP contribution in [0.1, 0.15) is 52.4 Å². The summed E-state index contributed by atoms with van der Waals surface area (Å²) in [7, 11) is 0. The van der Waals surface area contributed by atoms with E-state index in [1.165, 1.54) is 0 Å². The molecule has 1 unspecified atom stereocenters. The highest BCUT2D eigenvalue weighted by Gasteiger charge is 2.35. The van der Waals surface area contributed by atoms with Crippen molar-refractivity contribution < 1.29 is 9.53 Å². The first-order valence-corrected chi connectivity index (χ1v) is 5.54. The molecule has 0 aromatic rings. The molecule has 0 amide bonds.